The number of nitrogens with zero attached hydrogens (tertiary/aromatic N) is 2. The normalized spacial score (nSPS) is 21.5. The Morgan fingerprint density at radius 1 is 1.10 bits per heavy atom. The van der Waals surface area contributed by atoms with E-state index in [1.54, 1.807) is 9.80 Å². The summed E-state index contributed by atoms with van der Waals surface area (Å²) in [5, 5.41) is 5.12. The Morgan fingerprint density at radius 2 is 1.74 bits per heavy atom. The van der Waals surface area contributed by atoms with Crippen molar-refractivity contribution in [2.75, 3.05) is 44.6 Å². The highest BCUT2D eigenvalue weighted by Crippen LogP contribution is 2.37. The molecule has 1 aliphatic heterocycles. The van der Waals surface area contributed by atoms with E-state index in [0.29, 0.717) is 38.6 Å². The van der Waals surface area contributed by atoms with E-state index in [1.807, 2.05) is 6.92 Å². The maximum atomic E-state index is 13.0. The molecule has 0 aromatic heterocycles. The number of rotatable bonds is 7. The summed E-state index contributed by atoms with van der Waals surface area (Å²) in [4.78, 5) is 39.8. The molecule has 31 heavy (non-hydrogen) atoms. The largest absolute Gasteiger partial charge is 0.418 e. The lowest BCUT2D eigenvalue weighted by atomic mass is 10.1. The van der Waals surface area contributed by atoms with Gasteiger partial charge in [0.1, 0.15) is 0 Å². The Labute approximate surface area is 178 Å². The number of anilines is 1. The second-order valence-electron chi connectivity index (χ2n) is 8.11. The van der Waals surface area contributed by atoms with Crippen molar-refractivity contribution in [1.29, 1.82) is 0 Å². The van der Waals surface area contributed by atoms with Gasteiger partial charge in [-0.3, -0.25) is 19.3 Å². The van der Waals surface area contributed by atoms with Crippen LogP contribution in [0.5, 0.6) is 0 Å². The van der Waals surface area contributed by atoms with Gasteiger partial charge in [0.25, 0.3) is 0 Å². The molecule has 10 heteroatoms. The number of halogens is 3. The summed E-state index contributed by atoms with van der Waals surface area (Å²) in [7, 11) is 0. The van der Waals surface area contributed by atoms with Crippen LogP contribution in [-0.4, -0.2) is 66.8 Å². The maximum absolute atomic E-state index is 13.0. The van der Waals surface area contributed by atoms with Crippen molar-refractivity contribution in [2.45, 2.75) is 25.9 Å². The van der Waals surface area contributed by atoms with Gasteiger partial charge < -0.3 is 15.5 Å². The van der Waals surface area contributed by atoms with Crippen molar-refractivity contribution in [3.8, 4) is 0 Å². The minimum absolute atomic E-state index is 0.00299. The monoisotopic (exact) mass is 440 g/mol. The fraction of sp³-hybridized carbons (Fsp3) is 0.571. The molecule has 0 bridgehead atoms. The van der Waals surface area contributed by atoms with Crippen LogP contribution < -0.4 is 10.6 Å². The van der Waals surface area contributed by atoms with Gasteiger partial charge in [0, 0.05) is 45.1 Å². The maximum Gasteiger partial charge on any atom is 0.418 e. The molecular weight excluding hydrogens is 413 g/mol. The fourth-order valence-electron chi connectivity index (χ4n) is 3.66. The number of hydrogen-bond acceptors (Lipinski definition) is 4. The first-order valence-electron chi connectivity index (χ1n) is 10.4. The zero-order valence-electron chi connectivity index (χ0n) is 17.4. The number of amides is 3. The third-order valence-corrected chi connectivity index (χ3v) is 5.68. The molecule has 2 aliphatic rings. The van der Waals surface area contributed by atoms with Gasteiger partial charge in [-0.2, -0.15) is 13.2 Å². The van der Waals surface area contributed by atoms with E-state index in [4.69, 9.17) is 0 Å². The first kappa shape index (κ1) is 23.1. The van der Waals surface area contributed by atoms with Crippen LogP contribution in [0.25, 0.3) is 0 Å². The van der Waals surface area contributed by atoms with Crippen LogP contribution in [0.4, 0.5) is 18.9 Å². The molecule has 1 aromatic rings. The number of carbonyl (C=O) groups excluding carboxylic acids is 3. The van der Waals surface area contributed by atoms with Gasteiger partial charge in [-0.05, 0) is 24.5 Å². The molecule has 1 aliphatic carbocycles. The zero-order valence-corrected chi connectivity index (χ0v) is 17.4. The second-order valence-corrected chi connectivity index (χ2v) is 8.11. The fourth-order valence-corrected chi connectivity index (χ4v) is 3.66. The van der Waals surface area contributed by atoms with Gasteiger partial charge >= 0.3 is 6.18 Å². The minimum atomic E-state index is -4.55. The Kier molecular flexibility index (Phi) is 7.19. The summed E-state index contributed by atoms with van der Waals surface area (Å²) in [6.07, 6.45) is -3.43. The van der Waals surface area contributed by atoms with E-state index >= 15 is 0 Å². The third kappa shape index (κ3) is 6.43. The van der Waals surface area contributed by atoms with Crippen LogP contribution in [0.3, 0.4) is 0 Å². The summed E-state index contributed by atoms with van der Waals surface area (Å²) in [6.45, 7) is 4.03. The zero-order chi connectivity index (χ0) is 22.6. The predicted molar refractivity (Wildman–Crippen MR) is 108 cm³/mol. The summed E-state index contributed by atoms with van der Waals surface area (Å²) in [5.74, 6) is -0.0973. The molecule has 2 atom stereocenters. The first-order valence-corrected chi connectivity index (χ1v) is 10.4. The number of hydrogen-bond donors (Lipinski definition) is 2. The Bertz CT molecular complexity index is 822. The number of piperazine rings is 1. The van der Waals surface area contributed by atoms with E-state index in [1.165, 1.54) is 18.2 Å². The topological polar surface area (TPSA) is 81.8 Å². The van der Waals surface area contributed by atoms with Crippen molar-refractivity contribution < 1.29 is 27.6 Å². The molecule has 1 aromatic carbocycles. The van der Waals surface area contributed by atoms with E-state index in [2.05, 4.69) is 10.6 Å². The van der Waals surface area contributed by atoms with Gasteiger partial charge in [0.15, 0.2) is 0 Å². The lowest BCUT2D eigenvalue weighted by Gasteiger charge is -2.34. The second kappa shape index (κ2) is 9.67. The van der Waals surface area contributed by atoms with Gasteiger partial charge in [-0.1, -0.05) is 19.1 Å². The standard InChI is InChI=1S/C21H27F3N4O3/c1-14-12-15(14)20(31)25-7-6-19(30)28-10-8-27(9-11-28)13-18(29)26-17-5-3-2-4-16(17)21(22,23)24/h2-5,14-15H,6-13H2,1H3,(H,25,31)(H,26,29). The van der Waals surface area contributed by atoms with E-state index in [-0.39, 0.29) is 36.4 Å². The molecule has 1 heterocycles. The molecule has 0 radical (unpaired) electrons. The summed E-state index contributed by atoms with van der Waals surface area (Å²) in [6, 6.07) is 4.85. The number of alkyl halides is 3. The van der Waals surface area contributed by atoms with E-state index in [9.17, 15) is 27.6 Å². The van der Waals surface area contributed by atoms with Crippen LogP contribution in [0.1, 0.15) is 25.3 Å². The molecule has 2 N–H and O–H groups in total. The molecule has 1 saturated heterocycles. The van der Waals surface area contributed by atoms with Gasteiger partial charge in [-0.15, -0.1) is 0 Å². The molecule has 2 unspecified atom stereocenters. The summed E-state index contributed by atoms with van der Waals surface area (Å²) in [5.41, 5.74) is -1.15. The van der Waals surface area contributed by atoms with Gasteiger partial charge in [0.05, 0.1) is 17.8 Å². The molecule has 3 rings (SSSR count). The number of benzene rings is 1. The Balaban J connectivity index is 1.38. The number of carbonyl (C=O) groups is 3. The van der Waals surface area contributed by atoms with Gasteiger partial charge in [-0.25, -0.2) is 0 Å². The van der Waals surface area contributed by atoms with Crippen molar-refractivity contribution >= 4 is 23.4 Å². The summed E-state index contributed by atoms with van der Waals surface area (Å²) >= 11 is 0. The molecule has 170 valence electrons. The average Bonchev–Trinajstić information content (AvgIpc) is 3.44. The van der Waals surface area contributed by atoms with Crippen LogP contribution >= 0.6 is 0 Å². The summed E-state index contributed by atoms with van der Waals surface area (Å²) < 4.78 is 39.1. The van der Waals surface area contributed by atoms with Crippen molar-refractivity contribution in [2.24, 2.45) is 11.8 Å². The van der Waals surface area contributed by atoms with Crippen molar-refractivity contribution in [3.63, 3.8) is 0 Å². The Morgan fingerprint density at radius 3 is 2.35 bits per heavy atom. The first-order chi connectivity index (χ1) is 14.6. The predicted octanol–water partition coefficient (Wildman–Crippen LogP) is 1.95. The number of nitrogens with one attached hydrogen (secondary N) is 2. The van der Waals surface area contributed by atoms with Crippen molar-refractivity contribution in [3.05, 3.63) is 29.8 Å². The SMILES string of the molecule is CC1CC1C(=O)NCCC(=O)N1CCN(CC(=O)Nc2ccccc2C(F)(F)F)CC1. The smallest absolute Gasteiger partial charge is 0.355 e. The highest BCUT2D eigenvalue weighted by molar-refractivity contribution is 5.93. The van der Waals surface area contributed by atoms with Crippen LogP contribution in [0.15, 0.2) is 24.3 Å². The molecule has 1 saturated carbocycles. The van der Waals surface area contributed by atoms with Crippen molar-refractivity contribution in [1.82, 2.24) is 15.1 Å². The average molecular weight is 440 g/mol. The molecular formula is C21H27F3N4O3. The van der Waals surface area contributed by atoms with E-state index < -0.39 is 17.6 Å². The lowest BCUT2D eigenvalue weighted by Crippen LogP contribution is -2.50. The molecule has 7 nitrogen and oxygen atoms in total. The van der Waals surface area contributed by atoms with Gasteiger partial charge in [0.2, 0.25) is 17.7 Å². The molecule has 3 amide bonds. The molecule has 2 fully saturated rings. The van der Waals surface area contributed by atoms with Crippen LogP contribution in [0, 0.1) is 11.8 Å². The third-order valence-electron chi connectivity index (χ3n) is 5.68. The minimum Gasteiger partial charge on any atom is -0.355 e. The quantitative estimate of drug-likeness (QED) is 0.679. The highest BCUT2D eigenvalue weighted by atomic mass is 19.4. The van der Waals surface area contributed by atoms with Crippen LogP contribution in [-0.2, 0) is 20.6 Å². The van der Waals surface area contributed by atoms with E-state index in [0.717, 1.165) is 12.5 Å². The Hall–Kier alpha value is -2.62. The van der Waals surface area contributed by atoms with Crippen LogP contribution in [0.2, 0.25) is 0 Å². The molecule has 0 spiro atoms. The lowest BCUT2D eigenvalue weighted by molar-refractivity contribution is -0.137. The highest BCUT2D eigenvalue weighted by Gasteiger charge is 2.39. The number of para-hydroxylation sites is 1.